The molecule has 0 bridgehead atoms. The Morgan fingerprint density at radius 2 is 1.44 bits per heavy atom. The third-order valence-electron chi connectivity index (χ3n) is 2.60. The Balaban J connectivity index is 0.000000186. The molecule has 0 saturated carbocycles. The molecule has 0 atom stereocenters. The minimum absolute atomic E-state index is 0.694. The second kappa shape index (κ2) is 2.30. The van der Waals surface area contributed by atoms with Gasteiger partial charge in [-0.1, -0.05) is 13.8 Å². The van der Waals surface area contributed by atoms with Crippen LogP contribution in [0.4, 0.5) is 0 Å². The van der Waals surface area contributed by atoms with E-state index >= 15 is 0 Å². The fraction of sp³-hybridized carbons (Fsp3) is 1.00. The van der Waals surface area contributed by atoms with Gasteiger partial charge in [0.1, 0.15) is 0 Å². The van der Waals surface area contributed by atoms with Crippen LogP contribution in [0.5, 0.6) is 0 Å². The van der Waals surface area contributed by atoms with Gasteiger partial charge in [-0.25, -0.2) is 0 Å². The largest absolute Gasteiger partial charge is 0.298 e. The second-order valence-electron chi connectivity index (χ2n) is 2.98. The monoisotopic (exact) mass is 127 g/mol. The van der Waals surface area contributed by atoms with E-state index in [9.17, 15) is 0 Å². The molecule has 0 aliphatic carbocycles. The molecule has 0 N–H and O–H groups in total. The van der Waals surface area contributed by atoms with Crippen molar-refractivity contribution in [2.24, 2.45) is 0 Å². The number of rotatable bonds is 0. The summed E-state index contributed by atoms with van der Waals surface area (Å²) in [5.41, 5.74) is 0.694. The van der Waals surface area contributed by atoms with E-state index in [1.807, 2.05) is 13.8 Å². The predicted molar refractivity (Wildman–Crippen MR) is 40.6 cm³/mol. The van der Waals surface area contributed by atoms with E-state index in [0.717, 1.165) is 0 Å². The summed E-state index contributed by atoms with van der Waals surface area (Å²) in [4.78, 5) is 2.55. The molecule has 54 valence electrons. The molecule has 1 nitrogen and oxygen atoms in total. The van der Waals surface area contributed by atoms with Crippen molar-refractivity contribution in [3.05, 3.63) is 0 Å². The van der Waals surface area contributed by atoms with Crippen molar-refractivity contribution in [2.75, 3.05) is 13.1 Å². The van der Waals surface area contributed by atoms with Crippen LogP contribution in [0.25, 0.3) is 0 Å². The van der Waals surface area contributed by atoms with Crippen LogP contribution < -0.4 is 0 Å². The molecule has 0 radical (unpaired) electrons. The van der Waals surface area contributed by atoms with Crippen LogP contribution in [0.2, 0.25) is 0 Å². The zero-order valence-electron chi connectivity index (χ0n) is 6.78. The highest BCUT2D eigenvalue weighted by Gasteiger charge is 2.47. The lowest BCUT2D eigenvalue weighted by Crippen LogP contribution is -2.67. The van der Waals surface area contributed by atoms with Crippen LogP contribution in [-0.2, 0) is 0 Å². The summed E-state index contributed by atoms with van der Waals surface area (Å²) in [6.07, 6.45) is 2.90. The highest BCUT2D eigenvalue weighted by Crippen LogP contribution is 2.41. The standard InChI is InChI=1S/C6H11N.C2H6/c1-6-2-4-7(6)5-3-6;1-2/h2-5H2,1H3;1-2H3. The normalized spacial score (nSPS) is 28.3. The molecule has 9 heavy (non-hydrogen) atoms. The van der Waals surface area contributed by atoms with Crippen LogP contribution in [-0.4, -0.2) is 23.5 Å². The minimum atomic E-state index is 0.694. The quantitative estimate of drug-likeness (QED) is 0.480. The van der Waals surface area contributed by atoms with Gasteiger partial charge < -0.3 is 0 Å². The smallest absolute Gasteiger partial charge is 0.0205 e. The number of nitrogens with zero attached hydrogens (tertiary/aromatic N) is 1. The zero-order chi connectivity index (χ0) is 6.91. The highest BCUT2D eigenvalue weighted by atomic mass is 15.3. The average Bonchev–Trinajstić information content (AvgIpc) is 1.92. The van der Waals surface area contributed by atoms with Crippen LogP contribution in [0.1, 0.15) is 33.6 Å². The molecule has 0 aromatic carbocycles. The van der Waals surface area contributed by atoms with Gasteiger partial charge in [-0.15, -0.1) is 0 Å². The number of hydrogen-bond donors (Lipinski definition) is 0. The topological polar surface area (TPSA) is 3.24 Å². The van der Waals surface area contributed by atoms with Crippen molar-refractivity contribution in [3.63, 3.8) is 0 Å². The van der Waals surface area contributed by atoms with Crippen molar-refractivity contribution in [1.29, 1.82) is 0 Å². The number of hydrogen-bond acceptors (Lipinski definition) is 1. The summed E-state index contributed by atoms with van der Waals surface area (Å²) in [6, 6.07) is 0. The first-order chi connectivity index (χ1) is 4.31. The summed E-state index contributed by atoms with van der Waals surface area (Å²) in [7, 11) is 0. The lowest BCUT2D eigenvalue weighted by Gasteiger charge is -2.59. The summed E-state index contributed by atoms with van der Waals surface area (Å²) >= 11 is 0. The molecule has 0 amide bonds. The summed E-state index contributed by atoms with van der Waals surface area (Å²) < 4.78 is 0. The Hall–Kier alpha value is -0.0400. The Labute approximate surface area is 58.0 Å². The van der Waals surface area contributed by atoms with Gasteiger partial charge in [-0.05, 0) is 19.8 Å². The van der Waals surface area contributed by atoms with E-state index in [-0.39, 0.29) is 0 Å². The lowest BCUT2D eigenvalue weighted by molar-refractivity contribution is -0.0897. The van der Waals surface area contributed by atoms with E-state index in [2.05, 4.69) is 11.8 Å². The first kappa shape index (κ1) is 7.07. The Kier molecular flexibility index (Phi) is 1.80. The molecule has 0 aromatic heterocycles. The van der Waals surface area contributed by atoms with Crippen LogP contribution in [0.15, 0.2) is 0 Å². The lowest BCUT2D eigenvalue weighted by atomic mass is 9.76. The van der Waals surface area contributed by atoms with E-state index < -0.39 is 0 Å². The first-order valence-electron chi connectivity index (χ1n) is 4.06. The first-order valence-corrected chi connectivity index (χ1v) is 4.06. The van der Waals surface area contributed by atoms with Gasteiger partial charge in [0.05, 0.1) is 0 Å². The van der Waals surface area contributed by atoms with E-state index in [1.54, 1.807) is 0 Å². The summed E-state index contributed by atoms with van der Waals surface area (Å²) in [5.74, 6) is 0. The van der Waals surface area contributed by atoms with Crippen molar-refractivity contribution in [2.45, 2.75) is 39.2 Å². The van der Waals surface area contributed by atoms with Crippen molar-refractivity contribution >= 4 is 0 Å². The molecule has 2 fully saturated rings. The van der Waals surface area contributed by atoms with Gasteiger partial charge in [0.2, 0.25) is 0 Å². The maximum absolute atomic E-state index is 2.55. The molecule has 0 spiro atoms. The fourth-order valence-electron chi connectivity index (χ4n) is 1.54. The Morgan fingerprint density at radius 1 is 1.11 bits per heavy atom. The Bertz CT molecular complexity index is 90.7. The van der Waals surface area contributed by atoms with E-state index in [1.165, 1.54) is 25.9 Å². The molecule has 1 heteroatoms. The molecule has 0 aromatic rings. The number of piperidine rings is 1. The third-order valence-corrected chi connectivity index (χ3v) is 2.60. The fourth-order valence-corrected chi connectivity index (χ4v) is 1.54. The Morgan fingerprint density at radius 3 is 1.44 bits per heavy atom. The molecule has 2 heterocycles. The maximum Gasteiger partial charge on any atom is 0.0205 e. The molecule has 2 saturated heterocycles. The van der Waals surface area contributed by atoms with Crippen LogP contribution in [0, 0.1) is 0 Å². The van der Waals surface area contributed by atoms with Crippen molar-refractivity contribution in [3.8, 4) is 0 Å². The molecule has 0 unspecified atom stereocenters. The third kappa shape index (κ3) is 0.877. The van der Waals surface area contributed by atoms with Crippen molar-refractivity contribution in [1.82, 2.24) is 4.90 Å². The van der Waals surface area contributed by atoms with Gasteiger partial charge >= 0.3 is 0 Å². The predicted octanol–water partition coefficient (Wildman–Crippen LogP) is 1.88. The zero-order valence-corrected chi connectivity index (χ0v) is 6.78. The molecule has 2 aliphatic heterocycles. The molecule has 2 rings (SSSR count). The van der Waals surface area contributed by atoms with Crippen LogP contribution in [0.3, 0.4) is 0 Å². The van der Waals surface area contributed by atoms with E-state index in [4.69, 9.17) is 0 Å². The van der Waals surface area contributed by atoms with Crippen LogP contribution >= 0.6 is 0 Å². The van der Waals surface area contributed by atoms with Gasteiger partial charge in [0.25, 0.3) is 0 Å². The van der Waals surface area contributed by atoms with Gasteiger partial charge in [-0.2, -0.15) is 0 Å². The minimum Gasteiger partial charge on any atom is -0.298 e. The molecular formula is C8H17N. The van der Waals surface area contributed by atoms with Gasteiger partial charge in [0.15, 0.2) is 0 Å². The summed E-state index contributed by atoms with van der Waals surface area (Å²) in [5, 5.41) is 0. The van der Waals surface area contributed by atoms with Gasteiger partial charge in [-0.3, -0.25) is 4.90 Å². The maximum atomic E-state index is 2.55. The summed E-state index contributed by atoms with van der Waals surface area (Å²) in [6.45, 7) is 9.10. The SMILES string of the molecule is CC.CC12CCN1CC2. The second-order valence-corrected chi connectivity index (χ2v) is 2.98. The highest BCUT2D eigenvalue weighted by molar-refractivity contribution is 5.03. The number of fused-ring (bicyclic) bond motifs is 1. The average molecular weight is 127 g/mol. The molecular weight excluding hydrogens is 110 g/mol. The van der Waals surface area contributed by atoms with Gasteiger partial charge in [0, 0.05) is 18.6 Å². The van der Waals surface area contributed by atoms with E-state index in [0.29, 0.717) is 5.54 Å². The molecule has 2 aliphatic rings. The van der Waals surface area contributed by atoms with Crippen molar-refractivity contribution < 1.29 is 0 Å².